The molecule has 0 radical (unpaired) electrons. The van der Waals surface area contributed by atoms with E-state index in [1.165, 1.54) is 19.2 Å². The minimum absolute atomic E-state index is 0.0174. The third-order valence-corrected chi connectivity index (χ3v) is 2.53. The first kappa shape index (κ1) is 15.4. The molecule has 1 aromatic carbocycles. The summed E-state index contributed by atoms with van der Waals surface area (Å²) in [6.07, 6.45) is -4.41. The normalized spacial score (nSPS) is 12.4. The Morgan fingerprint density at radius 1 is 1.37 bits per heavy atom. The van der Waals surface area contributed by atoms with Crippen molar-refractivity contribution in [3.63, 3.8) is 0 Å². The number of hydrogen-bond donors (Lipinski definition) is 1. The lowest BCUT2D eigenvalue weighted by Gasteiger charge is -2.17. The molecular formula is C13H16F2O4. The Labute approximate surface area is 109 Å². The number of carbonyl (C=O) groups is 1. The monoisotopic (exact) mass is 274 g/mol. The maximum absolute atomic E-state index is 12.9. The molecule has 0 aromatic heterocycles. The Balaban J connectivity index is 3.29. The number of hydrogen-bond acceptors (Lipinski definition) is 4. The van der Waals surface area contributed by atoms with E-state index >= 15 is 0 Å². The highest BCUT2D eigenvalue weighted by Gasteiger charge is 2.27. The van der Waals surface area contributed by atoms with Crippen molar-refractivity contribution in [2.45, 2.75) is 26.4 Å². The van der Waals surface area contributed by atoms with Crippen molar-refractivity contribution in [2.75, 3.05) is 13.7 Å². The molecule has 1 rings (SSSR count). The first-order valence-corrected chi connectivity index (χ1v) is 5.73. The van der Waals surface area contributed by atoms with E-state index in [1.54, 1.807) is 13.8 Å². The van der Waals surface area contributed by atoms with Crippen LogP contribution in [0.15, 0.2) is 12.1 Å². The molecule has 0 saturated carbocycles. The van der Waals surface area contributed by atoms with Gasteiger partial charge in [0.05, 0.1) is 19.3 Å². The van der Waals surface area contributed by atoms with Gasteiger partial charge in [-0.2, -0.15) is 0 Å². The molecule has 6 heteroatoms. The van der Waals surface area contributed by atoms with Gasteiger partial charge < -0.3 is 14.6 Å². The van der Waals surface area contributed by atoms with E-state index in [-0.39, 0.29) is 23.5 Å². The van der Waals surface area contributed by atoms with E-state index in [1.807, 2.05) is 0 Å². The smallest absolute Gasteiger partial charge is 0.339 e. The number of alkyl halides is 2. The zero-order chi connectivity index (χ0) is 14.6. The molecular weight excluding hydrogens is 258 g/mol. The van der Waals surface area contributed by atoms with Gasteiger partial charge >= 0.3 is 5.97 Å². The number of rotatable bonds is 5. The molecule has 19 heavy (non-hydrogen) atoms. The summed E-state index contributed by atoms with van der Waals surface area (Å²) in [6, 6.07) is 2.68. The fraction of sp³-hybridized carbons (Fsp3) is 0.462. The maximum Gasteiger partial charge on any atom is 0.339 e. The van der Waals surface area contributed by atoms with Gasteiger partial charge in [-0.3, -0.25) is 0 Å². The standard InChI is InChI=1S/C13H16F2O4/c1-4-19-13(17)10(16)8-5-7(2)6-9(12(14)15)11(8)18-3/h5-6,10,12,16H,4H2,1-3H3. The number of methoxy groups -OCH3 is 1. The van der Waals surface area contributed by atoms with Crippen LogP contribution in [0, 0.1) is 6.92 Å². The van der Waals surface area contributed by atoms with Crippen LogP contribution in [0.1, 0.15) is 36.1 Å². The van der Waals surface area contributed by atoms with E-state index in [0.29, 0.717) is 5.56 Å². The third kappa shape index (κ3) is 3.41. The summed E-state index contributed by atoms with van der Waals surface area (Å²) in [4.78, 5) is 11.5. The minimum Gasteiger partial charge on any atom is -0.496 e. The number of aryl methyl sites for hydroxylation is 1. The zero-order valence-corrected chi connectivity index (χ0v) is 10.9. The van der Waals surface area contributed by atoms with Crippen LogP contribution in [0.3, 0.4) is 0 Å². The Kier molecular flexibility index (Phi) is 5.23. The van der Waals surface area contributed by atoms with Crippen molar-refractivity contribution in [3.8, 4) is 5.75 Å². The first-order chi connectivity index (χ1) is 8.92. The van der Waals surface area contributed by atoms with Gasteiger partial charge in [0.15, 0.2) is 6.10 Å². The molecule has 106 valence electrons. The third-order valence-electron chi connectivity index (χ3n) is 2.53. The summed E-state index contributed by atoms with van der Waals surface area (Å²) in [7, 11) is 1.21. The van der Waals surface area contributed by atoms with Crippen molar-refractivity contribution >= 4 is 5.97 Å². The fourth-order valence-electron chi connectivity index (χ4n) is 1.78. The van der Waals surface area contributed by atoms with Crippen LogP contribution >= 0.6 is 0 Å². The molecule has 0 heterocycles. The molecule has 0 fully saturated rings. The summed E-state index contributed by atoms with van der Waals surface area (Å²) in [5.41, 5.74) is 0.117. The number of ether oxygens (including phenoxy) is 2. The van der Waals surface area contributed by atoms with Crippen molar-refractivity contribution in [2.24, 2.45) is 0 Å². The average molecular weight is 274 g/mol. The van der Waals surface area contributed by atoms with Gasteiger partial charge in [-0.05, 0) is 31.5 Å². The van der Waals surface area contributed by atoms with Crippen LogP contribution in [0.4, 0.5) is 8.78 Å². The largest absolute Gasteiger partial charge is 0.496 e. The molecule has 0 spiro atoms. The average Bonchev–Trinajstić information content (AvgIpc) is 2.36. The summed E-state index contributed by atoms with van der Waals surface area (Å²) in [6.45, 7) is 3.26. The van der Waals surface area contributed by atoms with E-state index in [4.69, 9.17) is 4.74 Å². The fourth-order valence-corrected chi connectivity index (χ4v) is 1.78. The number of benzene rings is 1. The van der Waals surface area contributed by atoms with E-state index < -0.39 is 18.5 Å². The number of carbonyl (C=O) groups excluding carboxylic acids is 1. The van der Waals surface area contributed by atoms with Gasteiger partial charge in [0.1, 0.15) is 5.75 Å². The van der Waals surface area contributed by atoms with Crippen LogP contribution in [0.2, 0.25) is 0 Å². The molecule has 0 aliphatic heterocycles. The topological polar surface area (TPSA) is 55.8 Å². The first-order valence-electron chi connectivity index (χ1n) is 5.73. The molecule has 1 unspecified atom stereocenters. The SMILES string of the molecule is CCOC(=O)C(O)c1cc(C)cc(C(F)F)c1OC. The predicted molar refractivity (Wildman–Crippen MR) is 64.3 cm³/mol. The molecule has 0 aliphatic rings. The lowest BCUT2D eigenvalue weighted by molar-refractivity contribution is -0.153. The van der Waals surface area contributed by atoms with Crippen molar-refractivity contribution in [1.29, 1.82) is 0 Å². The molecule has 4 nitrogen and oxygen atoms in total. The van der Waals surface area contributed by atoms with Crippen LogP contribution < -0.4 is 4.74 Å². The van der Waals surface area contributed by atoms with Gasteiger partial charge in [-0.25, -0.2) is 13.6 Å². The second kappa shape index (κ2) is 6.47. The second-order valence-electron chi connectivity index (χ2n) is 3.93. The zero-order valence-electron chi connectivity index (χ0n) is 10.9. The lowest BCUT2D eigenvalue weighted by atomic mass is 10.0. The van der Waals surface area contributed by atoms with Gasteiger partial charge in [-0.15, -0.1) is 0 Å². The summed E-state index contributed by atoms with van der Waals surface area (Å²) < 4.78 is 35.4. The summed E-state index contributed by atoms with van der Waals surface area (Å²) in [5.74, 6) is -1.09. The second-order valence-corrected chi connectivity index (χ2v) is 3.93. The van der Waals surface area contributed by atoms with Crippen LogP contribution in [-0.4, -0.2) is 24.8 Å². The van der Waals surface area contributed by atoms with E-state index in [0.717, 1.165) is 0 Å². The summed E-state index contributed by atoms with van der Waals surface area (Å²) >= 11 is 0. The number of aliphatic hydroxyl groups excluding tert-OH is 1. The molecule has 1 N–H and O–H groups in total. The molecule has 1 atom stereocenters. The highest BCUT2D eigenvalue weighted by molar-refractivity contribution is 5.77. The number of esters is 1. The highest BCUT2D eigenvalue weighted by atomic mass is 19.3. The Morgan fingerprint density at radius 2 is 1.95 bits per heavy atom. The molecule has 1 aromatic rings. The molecule has 0 bridgehead atoms. The van der Waals surface area contributed by atoms with E-state index in [2.05, 4.69) is 4.74 Å². The molecule has 0 saturated heterocycles. The summed E-state index contributed by atoms with van der Waals surface area (Å²) in [5, 5.41) is 9.86. The minimum atomic E-state index is -2.76. The predicted octanol–water partition coefficient (Wildman–Crippen LogP) is 2.54. The Hall–Kier alpha value is -1.69. The quantitative estimate of drug-likeness (QED) is 0.838. The van der Waals surface area contributed by atoms with E-state index in [9.17, 15) is 18.7 Å². The lowest BCUT2D eigenvalue weighted by Crippen LogP contribution is -2.17. The van der Waals surface area contributed by atoms with Crippen LogP contribution in [0.25, 0.3) is 0 Å². The van der Waals surface area contributed by atoms with Crippen LogP contribution in [0.5, 0.6) is 5.75 Å². The highest BCUT2D eigenvalue weighted by Crippen LogP contribution is 2.36. The van der Waals surface area contributed by atoms with Gasteiger partial charge in [0.2, 0.25) is 0 Å². The Bertz CT molecular complexity index is 460. The van der Waals surface area contributed by atoms with Crippen molar-refractivity contribution < 1.29 is 28.2 Å². The van der Waals surface area contributed by atoms with Gasteiger partial charge in [0, 0.05) is 5.56 Å². The van der Waals surface area contributed by atoms with Gasteiger partial charge in [0.25, 0.3) is 6.43 Å². The van der Waals surface area contributed by atoms with Crippen molar-refractivity contribution in [3.05, 3.63) is 28.8 Å². The van der Waals surface area contributed by atoms with Gasteiger partial charge in [-0.1, -0.05) is 0 Å². The number of halogens is 2. The van der Waals surface area contributed by atoms with Crippen molar-refractivity contribution in [1.82, 2.24) is 0 Å². The Morgan fingerprint density at radius 3 is 2.42 bits per heavy atom. The maximum atomic E-state index is 12.9. The number of aliphatic hydroxyl groups is 1. The van der Waals surface area contributed by atoms with Crippen LogP contribution in [-0.2, 0) is 9.53 Å². The molecule has 0 aliphatic carbocycles. The molecule has 0 amide bonds.